The van der Waals surface area contributed by atoms with E-state index in [9.17, 15) is 5.11 Å². The smallest absolute Gasteiger partial charge is 0.193 e. The summed E-state index contributed by atoms with van der Waals surface area (Å²) in [6, 6.07) is 0. The first kappa shape index (κ1) is 15.5. The van der Waals surface area contributed by atoms with Gasteiger partial charge in [0, 0.05) is 0 Å². The highest BCUT2D eigenvalue weighted by atomic mass is 28.4. The van der Waals surface area contributed by atoms with Crippen molar-refractivity contribution in [3.8, 4) is 12.3 Å². The summed E-state index contributed by atoms with van der Waals surface area (Å²) >= 11 is 0. The molecular weight excluding hydrogens is 244 g/mol. The summed E-state index contributed by atoms with van der Waals surface area (Å²) in [5.41, 5.74) is 0. The lowest BCUT2D eigenvalue weighted by Gasteiger charge is -2.41. The third-order valence-electron chi connectivity index (χ3n) is 3.74. The Bertz CT molecular complexity index is 349. The molecule has 0 spiro atoms. The number of terminal acetylenes is 1. The molecule has 3 nitrogen and oxygen atoms in total. The van der Waals surface area contributed by atoms with Crippen molar-refractivity contribution < 1.29 is 14.3 Å². The van der Waals surface area contributed by atoms with E-state index in [1.165, 1.54) is 0 Å². The third kappa shape index (κ3) is 3.45. The molecule has 0 aromatic heterocycles. The molecule has 102 valence electrons. The number of aliphatic hydroxyl groups excluding tert-OH is 1. The van der Waals surface area contributed by atoms with Crippen LogP contribution in [0.2, 0.25) is 18.1 Å². The SMILES string of the molecule is C#CC1C=CC(O[Si](C)(C)C(C)(C)C)[C@@H](CO)O1. The van der Waals surface area contributed by atoms with Crippen molar-refractivity contribution in [2.75, 3.05) is 6.61 Å². The average Bonchev–Trinajstić information content (AvgIpc) is 2.27. The van der Waals surface area contributed by atoms with Crippen molar-refractivity contribution in [3.05, 3.63) is 12.2 Å². The van der Waals surface area contributed by atoms with E-state index >= 15 is 0 Å². The maximum absolute atomic E-state index is 9.38. The van der Waals surface area contributed by atoms with Crippen LogP contribution < -0.4 is 0 Å². The predicted molar refractivity (Wildman–Crippen MR) is 75.8 cm³/mol. The Morgan fingerprint density at radius 3 is 2.44 bits per heavy atom. The molecule has 1 aliphatic rings. The summed E-state index contributed by atoms with van der Waals surface area (Å²) in [6.07, 6.45) is 8.13. The van der Waals surface area contributed by atoms with Crippen molar-refractivity contribution in [1.82, 2.24) is 0 Å². The highest BCUT2D eigenvalue weighted by molar-refractivity contribution is 6.74. The van der Waals surface area contributed by atoms with E-state index in [2.05, 4.69) is 39.8 Å². The molecule has 0 aliphatic carbocycles. The van der Waals surface area contributed by atoms with Gasteiger partial charge >= 0.3 is 0 Å². The molecule has 1 N–H and O–H groups in total. The molecule has 4 heteroatoms. The molecule has 0 aromatic rings. The quantitative estimate of drug-likeness (QED) is 0.485. The Kier molecular flexibility index (Phi) is 4.79. The van der Waals surface area contributed by atoms with E-state index in [0.717, 1.165) is 0 Å². The maximum Gasteiger partial charge on any atom is 0.193 e. The first-order chi connectivity index (χ1) is 8.21. The molecule has 0 bridgehead atoms. The minimum atomic E-state index is -1.88. The van der Waals surface area contributed by atoms with Gasteiger partial charge in [-0.25, -0.2) is 0 Å². The highest BCUT2D eigenvalue weighted by Gasteiger charge is 2.41. The molecule has 0 aromatic carbocycles. The Labute approximate surface area is 111 Å². The predicted octanol–water partition coefficient (Wildman–Crippen LogP) is 2.33. The summed E-state index contributed by atoms with van der Waals surface area (Å²) in [7, 11) is -1.88. The van der Waals surface area contributed by atoms with Crippen LogP contribution in [0, 0.1) is 12.3 Å². The van der Waals surface area contributed by atoms with Crippen LogP contribution in [0.4, 0.5) is 0 Å². The average molecular weight is 268 g/mol. The molecule has 1 rings (SSSR count). The van der Waals surface area contributed by atoms with Gasteiger partial charge in [0.1, 0.15) is 12.2 Å². The molecule has 0 fully saturated rings. The first-order valence-electron chi connectivity index (χ1n) is 6.30. The highest BCUT2D eigenvalue weighted by Crippen LogP contribution is 2.38. The van der Waals surface area contributed by atoms with Crippen molar-refractivity contribution in [3.63, 3.8) is 0 Å². The number of hydrogen-bond acceptors (Lipinski definition) is 3. The lowest BCUT2D eigenvalue weighted by atomic mass is 10.1. The molecule has 1 aliphatic heterocycles. The molecule has 0 saturated heterocycles. The Morgan fingerprint density at radius 1 is 1.39 bits per heavy atom. The van der Waals surface area contributed by atoms with Crippen LogP contribution in [0.5, 0.6) is 0 Å². The molecule has 0 amide bonds. The van der Waals surface area contributed by atoms with E-state index < -0.39 is 8.32 Å². The number of rotatable bonds is 3. The fourth-order valence-corrected chi connectivity index (χ4v) is 2.78. The van der Waals surface area contributed by atoms with Crippen LogP contribution in [0.3, 0.4) is 0 Å². The maximum atomic E-state index is 9.38. The zero-order valence-electron chi connectivity index (χ0n) is 11.9. The largest absolute Gasteiger partial charge is 0.408 e. The van der Waals surface area contributed by atoms with Crippen LogP contribution in [0.25, 0.3) is 0 Å². The monoisotopic (exact) mass is 268 g/mol. The molecule has 3 atom stereocenters. The van der Waals surface area contributed by atoms with Gasteiger partial charge in [0.15, 0.2) is 8.32 Å². The third-order valence-corrected chi connectivity index (χ3v) is 8.22. The van der Waals surface area contributed by atoms with E-state index in [1.54, 1.807) is 0 Å². The van der Waals surface area contributed by atoms with E-state index in [4.69, 9.17) is 15.6 Å². The first-order valence-corrected chi connectivity index (χ1v) is 9.20. The topological polar surface area (TPSA) is 38.7 Å². The molecule has 1 heterocycles. The van der Waals surface area contributed by atoms with E-state index in [1.807, 2.05) is 12.2 Å². The van der Waals surface area contributed by atoms with Crippen LogP contribution in [0.1, 0.15) is 20.8 Å². The van der Waals surface area contributed by atoms with Gasteiger partial charge in [0.25, 0.3) is 0 Å². The molecule has 2 unspecified atom stereocenters. The van der Waals surface area contributed by atoms with Crippen molar-refractivity contribution >= 4 is 8.32 Å². The fourth-order valence-electron chi connectivity index (χ4n) is 1.52. The molecule has 0 saturated carbocycles. The summed E-state index contributed by atoms with van der Waals surface area (Å²) in [6.45, 7) is 10.8. The Hall–Kier alpha value is -0.603. The fraction of sp³-hybridized carbons (Fsp3) is 0.714. The second-order valence-corrected chi connectivity index (χ2v) is 10.9. The lowest BCUT2D eigenvalue weighted by Crippen LogP contribution is -2.49. The van der Waals surface area contributed by atoms with Crippen molar-refractivity contribution in [1.29, 1.82) is 0 Å². The van der Waals surface area contributed by atoms with Crippen LogP contribution >= 0.6 is 0 Å². The lowest BCUT2D eigenvalue weighted by molar-refractivity contribution is -0.0585. The second-order valence-electron chi connectivity index (χ2n) is 6.17. The van der Waals surface area contributed by atoms with Crippen LogP contribution in [-0.2, 0) is 9.16 Å². The van der Waals surface area contributed by atoms with Crippen LogP contribution in [0.15, 0.2) is 12.2 Å². The van der Waals surface area contributed by atoms with Crippen LogP contribution in [-0.4, -0.2) is 38.3 Å². The summed E-state index contributed by atoms with van der Waals surface area (Å²) < 4.78 is 11.8. The normalized spacial score (nSPS) is 29.1. The standard InChI is InChI=1S/C14H24O3Si/c1-7-11-8-9-12(13(10-15)16-11)17-18(5,6)14(2,3)4/h1,8-9,11-13,15H,10H2,2-6H3/t11?,12?,13-/m1/s1. The van der Waals surface area contributed by atoms with Gasteiger partial charge in [-0.3, -0.25) is 0 Å². The van der Waals surface area contributed by atoms with Crippen molar-refractivity contribution in [2.45, 2.75) is 57.2 Å². The number of hydrogen-bond donors (Lipinski definition) is 1. The second kappa shape index (κ2) is 5.58. The zero-order chi connectivity index (χ0) is 14.0. The summed E-state index contributed by atoms with van der Waals surface area (Å²) in [4.78, 5) is 0. The van der Waals surface area contributed by atoms with Gasteiger partial charge in [-0.1, -0.05) is 32.8 Å². The minimum Gasteiger partial charge on any atom is -0.408 e. The summed E-state index contributed by atoms with van der Waals surface area (Å²) in [5, 5.41) is 9.51. The van der Waals surface area contributed by atoms with Gasteiger partial charge in [-0.15, -0.1) is 6.42 Å². The number of aliphatic hydroxyl groups is 1. The van der Waals surface area contributed by atoms with E-state index in [0.29, 0.717) is 0 Å². The van der Waals surface area contributed by atoms with E-state index in [-0.39, 0.29) is 30.0 Å². The number of ether oxygens (including phenoxy) is 1. The molecule has 0 radical (unpaired) electrons. The molecular formula is C14H24O3Si. The van der Waals surface area contributed by atoms with Gasteiger partial charge in [0.05, 0.1) is 12.7 Å². The Balaban J connectivity index is 2.81. The molecule has 18 heavy (non-hydrogen) atoms. The Morgan fingerprint density at radius 2 is 2.00 bits per heavy atom. The summed E-state index contributed by atoms with van der Waals surface area (Å²) in [5.74, 6) is 2.52. The van der Waals surface area contributed by atoms with Gasteiger partial charge in [-0.05, 0) is 24.2 Å². The zero-order valence-corrected chi connectivity index (χ0v) is 12.9. The van der Waals surface area contributed by atoms with Gasteiger partial charge < -0.3 is 14.3 Å². The van der Waals surface area contributed by atoms with Gasteiger partial charge in [-0.2, -0.15) is 0 Å². The van der Waals surface area contributed by atoms with Gasteiger partial charge in [0.2, 0.25) is 0 Å². The van der Waals surface area contributed by atoms with Crippen molar-refractivity contribution in [2.24, 2.45) is 0 Å². The minimum absolute atomic E-state index is 0.0815.